The molecule has 3 unspecified atom stereocenters. The highest BCUT2D eigenvalue weighted by Gasteiger charge is 2.33. The summed E-state index contributed by atoms with van der Waals surface area (Å²) in [6.07, 6.45) is 4.19. The molecule has 4 heteroatoms. The quantitative estimate of drug-likeness (QED) is 0.836. The molecule has 21 heavy (non-hydrogen) atoms. The summed E-state index contributed by atoms with van der Waals surface area (Å²) < 4.78 is 0. The molecule has 0 aromatic heterocycles. The summed E-state index contributed by atoms with van der Waals surface area (Å²) in [5.74, 6) is 1.77. The van der Waals surface area contributed by atoms with Crippen LogP contribution in [0, 0.1) is 11.8 Å². The molecule has 4 nitrogen and oxygen atoms in total. The number of likely N-dealkylation sites (tertiary alicyclic amines) is 1. The molecule has 3 heterocycles. The predicted molar refractivity (Wildman–Crippen MR) is 88.7 cm³/mol. The Morgan fingerprint density at radius 1 is 1.05 bits per heavy atom. The second kappa shape index (κ2) is 7.40. The van der Waals surface area contributed by atoms with Crippen molar-refractivity contribution in [1.29, 1.82) is 0 Å². The number of likely N-dealkylation sites (N-methyl/N-ethyl adjacent to an activating group) is 1. The van der Waals surface area contributed by atoms with Crippen LogP contribution >= 0.6 is 0 Å². The van der Waals surface area contributed by atoms with Crippen molar-refractivity contribution in [3.05, 3.63) is 0 Å². The molecule has 0 aliphatic carbocycles. The third-order valence-corrected chi connectivity index (χ3v) is 5.84. The Bertz CT molecular complexity index is 314. The standard InChI is InChI=1S/C17H34N4/c1-15-4-3-7-21(13-15)17-12-18-6-5-16(17)14-20-10-8-19(2)9-11-20/h15-18H,3-14H2,1-2H3. The van der Waals surface area contributed by atoms with Crippen LogP contribution in [0.4, 0.5) is 0 Å². The van der Waals surface area contributed by atoms with Crippen LogP contribution in [0.15, 0.2) is 0 Å². The van der Waals surface area contributed by atoms with E-state index in [2.05, 4.69) is 34.0 Å². The molecule has 1 N–H and O–H groups in total. The average molecular weight is 294 g/mol. The number of nitrogens with zero attached hydrogens (tertiary/aromatic N) is 3. The highest BCUT2D eigenvalue weighted by Crippen LogP contribution is 2.25. The fourth-order valence-electron chi connectivity index (χ4n) is 4.43. The number of hydrogen-bond acceptors (Lipinski definition) is 4. The van der Waals surface area contributed by atoms with Crippen LogP contribution in [-0.4, -0.2) is 86.7 Å². The first kappa shape index (κ1) is 15.7. The van der Waals surface area contributed by atoms with Gasteiger partial charge in [-0.15, -0.1) is 0 Å². The fraction of sp³-hybridized carbons (Fsp3) is 1.00. The van der Waals surface area contributed by atoms with Gasteiger partial charge < -0.3 is 15.1 Å². The molecule has 0 spiro atoms. The number of piperazine rings is 1. The second-order valence-electron chi connectivity index (χ2n) is 7.67. The van der Waals surface area contributed by atoms with Gasteiger partial charge >= 0.3 is 0 Å². The molecule has 0 amide bonds. The zero-order chi connectivity index (χ0) is 14.7. The maximum Gasteiger partial charge on any atom is 0.0261 e. The zero-order valence-corrected chi connectivity index (χ0v) is 14.1. The first-order valence-corrected chi connectivity index (χ1v) is 9.08. The van der Waals surface area contributed by atoms with Crippen LogP contribution in [0.5, 0.6) is 0 Å². The van der Waals surface area contributed by atoms with Gasteiger partial charge in [0, 0.05) is 51.9 Å². The van der Waals surface area contributed by atoms with Gasteiger partial charge in [-0.1, -0.05) is 6.92 Å². The SMILES string of the molecule is CC1CCCN(C2CNCCC2CN2CCN(C)CC2)C1. The maximum absolute atomic E-state index is 3.65. The first-order valence-electron chi connectivity index (χ1n) is 9.08. The van der Waals surface area contributed by atoms with Crippen LogP contribution in [0.1, 0.15) is 26.2 Å². The van der Waals surface area contributed by atoms with Crippen LogP contribution in [-0.2, 0) is 0 Å². The van der Waals surface area contributed by atoms with Gasteiger partial charge in [0.2, 0.25) is 0 Å². The van der Waals surface area contributed by atoms with Crippen molar-refractivity contribution in [3.8, 4) is 0 Å². The molecule has 0 aromatic carbocycles. The monoisotopic (exact) mass is 294 g/mol. The average Bonchev–Trinajstić information content (AvgIpc) is 2.50. The molecule has 3 atom stereocenters. The van der Waals surface area contributed by atoms with E-state index in [9.17, 15) is 0 Å². The van der Waals surface area contributed by atoms with E-state index < -0.39 is 0 Å². The lowest BCUT2D eigenvalue weighted by Crippen LogP contribution is -2.57. The molecule has 3 rings (SSSR count). The van der Waals surface area contributed by atoms with E-state index in [-0.39, 0.29) is 0 Å². The second-order valence-corrected chi connectivity index (χ2v) is 7.67. The Kier molecular flexibility index (Phi) is 5.54. The molecule has 0 saturated carbocycles. The Hall–Kier alpha value is -0.160. The number of piperidine rings is 2. The summed E-state index contributed by atoms with van der Waals surface area (Å²) in [6, 6.07) is 0.779. The minimum atomic E-state index is 0.779. The van der Waals surface area contributed by atoms with Crippen molar-refractivity contribution >= 4 is 0 Å². The zero-order valence-electron chi connectivity index (χ0n) is 14.1. The minimum absolute atomic E-state index is 0.779. The van der Waals surface area contributed by atoms with Crippen molar-refractivity contribution in [1.82, 2.24) is 20.0 Å². The van der Waals surface area contributed by atoms with E-state index >= 15 is 0 Å². The molecule has 3 saturated heterocycles. The summed E-state index contributed by atoms with van der Waals surface area (Å²) in [6.45, 7) is 13.9. The lowest BCUT2D eigenvalue weighted by Gasteiger charge is -2.45. The topological polar surface area (TPSA) is 21.8 Å². The van der Waals surface area contributed by atoms with Crippen molar-refractivity contribution in [2.75, 3.05) is 66.0 Å². The maximum atomic E-state index is 3.65. The Morgan fingerprint density at radius 2 is 1.86 bits per heavy atom. The summed E-state index contributed by atoms with van der Waals surface area (Å²) >= 11 is 0. The van der Waals surface area contributed by atoms with Gasteiger partial charge in [-0.2, -0.15) is 0 Å². The Balaban J connectivity index is 1.56. The third-order valence-electron chi connectivity index (χ3n) is 5.84. The van der Waals surface area contributed by atoms with Gasteiger partial charge in [0.05, 0.1) is 0 Å². The minimum Gasteiger partial charge on any atom is -0.315 e. The molecular formula is C17H34N4. The van der Waals surface area contributed by atoms with Gasteiger partial charge in [-0.05, 0) is 51.2 Å². The van der Waals surface area contributed by atoms with Gasteiger partial charge in [0.15, 0.2) is 0 Å². The number of hydrogen-bond donors (Lipinski definition) is 1. The Morgan fingerprint density at radius 3 is 2.62 bits per heavy atom. The van der Waals surface area contributed by atoms with Gasteiger partial charge in [-0.3, -0.25) is 4.90 Å². The molecule has 0 bridgehead atoms. The molecular weight excluding hydrogens is 260 g/mol. The lowest BCUT2D eigenvalue weighted by molar-refractivity contribution is 0.0461. The van der Waals surface area contributed by atoms with Gasteiger partial charge in [0.25, 0.3) is 0 Å². The number of nitrogens with one attached hydrogen (secondary N) is 1. The molecule has 0 aromatic rings. The molecule has 0 radical (unpaired) electrons. The predicted octanol–water partition coefficient (Wildman–Crippen LogP) is 0.944. The largest absolute Gasteiger partial charge is 0.315 e. The van der Waals surface area contributed by atoms with E-state index in [1.165, 1.54) is 78.2 Å². The van der Waals surface area contributed by atoms with Gasteiger partial charge in [-0.25, -0.2) is 0 Å². The summed E-state index contributed by atoms with van der Waals surface area (Å²) in [5, 5.41) is 3.65. The Labute approximate surface area is 130 Å². The van der Waals surface area contributed by atoms with Crippen molar-refractivity contribution in [2.45, 2.75) is 32.2 Å². The molecule has 3 aliphatic heterocycles. The lowest BCUT2D eigenvalue weighted by atomic mass is 9.88. The summed E-state index contributed by atoms with van der Waals surface area (Å²) in [7, 11) is 2.25. The van der Waals surface area contributed by atoms with Crippen LogP contribution in [0.2, 0.25) is 0 Å². The smallest absolute Gasteiger partial charge is 0.0261 e. The summed E-state index contributed by atoms with van der Waals surface area (Å²) in [4.78, 5) is 7.99. The first-order chi connectivity index (χ1) is 10.2. The highest BCUT2D eigenvalue weighted by atomic mass is 15.3. The molecule has 3 fully saturated rings. The molecule has 3 aliphatic rings. The van der Waals surface area contributed by atoms with E-state index in [0.29, 0.717) is 0 Å². The summed E-state index contributed by atoms with van der Waals surface area (Å²) in [5.41, 5.74) is 0. The highest BCUT2D eigenvalue weighted by molar-refractivity contribution is 4.90. The van der Waals surface area contributed by atoms with Gasteiger partial charge in [0.1, 0.15) is 0 Å². The molecule has 122 valence electrons. The number of rotatable bonds is 3. The van der Waals surface area contributed by atoms with Crippen molar-refractivity contribution in [3.63, 3.8) is 0 Å². The fourth-order valence-corrected chi connectivity index (χ4v) is 4.43. The van der Waals surface area contributed by atoms with E-state index in [1.54, 1.807) is 0 Å². The third kappa shape index (κ3) is 4.19. The van der Waals surface area contributed by atoms with Crippen molar-refractivity contribution in [2.24, 2.45) is 11.8 Å². The van der Waals surface area contributed by atoms with E-state index in [0.717, 1.165) is 17.9 Å². The van der Waals surface area contributed by atoms with Crippen LogP contribution < -0.4 is 5.32 Å². The normalized spacial score (nSPS) is 37.7. The van der Waals surface area contributed by atoms with E-state index in [1.807, 2.05) is 0 Å². The van der Waals surface area contributed by atoms with E-state index in [4.69, 9.17) is 0 Å². The van der Waals surface area contributed by atoms with Crippen molar-refractivity contribution < 1.29 is 0 Å². The van der Waals surface area contributed by atoms with Crippen LogP contribution in [0.25, 0.3) is 0 Å². The van der Waals surface area contributed by atoms with Crippen LogP contribution in [0.3, 0.4) is 0 Å².